The van der Waals surface area contributed by atoms with Crippen molar-refractivity contribution in [1.82, 2.24) is 4.98 Å². The zero-order valence-corrected chi connectivity index (χ0v) is 8.54. The quantitative estimate of drug-likeness (QED) is 0.824. The van der Waals surface area contributed by atoms with Gasteiger partial charge in [-0.3, -0.25) is 0 Å². The van der Waals surface area contributed by atoms with Gasteiger partial charge in [0, 0.05) is 0 Å². The van der Waals surface area contributed by atoms with Crippen LogP contribution in [0, 0.1) is 0 Å². The Morgan fingerprint density at radius 1 is 1.62 bits per heavy atom. The Morgan fingerprint density at radius 2 is 2.38 bits per heavy atom. The van der Waals surface area contributed by atoms with Gasteiger partial charge in [-0.25, -0.2) is 4.98 Å². The van der Waals surface area contributed by atoms with Crippen LogP contribution in [0.15, 0.2) is 28.4 Å². The van der Waals surface area contributed by atoms with E-state index in [9.17, 15) is 0 Å². The number of nitrogen functional groups attached to an aromatic ring is 1. The summed E-state index contributed by atoms with van der Waals surface area (Å²) in [5.74, 6) is 0.599. The number of hydrogen-bond donors (Lipinski definition) is 1. The molecule has 0 saturated carbocycles. The van der Waals surface area contributed by atoms with Gasteiger partial charge in [0.1, 0.15) is 6.61 Å². The molecule has 1 aromatic heterocycles. The molecule has 0 atom stereocenters. The van der Waals surface area contributed by atoms with Crippen LogP contribution in [-0.2, 0) is 0 Å². The molecular formula is C9H9BrN2O. The molecule has 1 aromatic rings. The highest BCUT2D eigenvalue weighted by atomic mass is 79.9. The molecule has 1 aliphatic rings. The molecule has 4 heteroatoms. The van der Waals surface area contributed by atoms with E-state index in [0.29, 0.717) is 18.2 Å². The maximum atomic E-state index is 5.54. The van der Waals surface area contributed by atoms with Gasteiger partial charge in [0.15, 0.2) is 0 Å². The van der Waals surface area contributed by atoms with Crippen LogP contribution in [0.25, 0.3) is 0 Å². The highest BCUT2D eigenvalue weighted by molar-refractivity contribution is 9.10. The second-order valence-corrected chi connectivity index (χ2v) is 3.77. The average Bonchev–Trinajstić information content (AvgIpc) is 2.86. The molecule has 2 rings (SSSR count). The molecule has 0 radical (unpaired) electrons. The number of allylic oxidation sites excluding steroid dienone is 1. The second-order valence-electron chi connectivity index (χ2n) is 2.91. The molecule has 1 heterocycles. The molecule has 68 valence electrons. The van der Waals surface area contributed by atoms with Crippen LogP contribution in [-0.4, -0.2) is 11.6 Å². The molecule has 2 N–H and O–H groups in total. The highest BCUT2D eigenvalue weighted by Crippen LogP contribution is 2.26. The first-order valence-corrected chi connectivity index (χ1v) is 4.77. The standard InChI is InChI=1S/C9H9BrN2O/c10-8-3-7(11)4-12-9(8)13-5-6-1-2-6/h1,3-4H,2,5,11H2. The van der Waals surface area contributed by atoms with Crippen molar-refractivity contribution in [3.8, 4) is 5.88 Å². The summed E-state index contributed by atoms with van der Waals surface area (Å²) in [6, 6.07) is 1.78. The fourth-order valence-electron chi connectivity index (χ4n) is 0.897. The normalized spacial score (nSPS) is 13.8. The molecule has 3 nitrogen and oxygen atoms in total. The summed E-state index contributed by atoms with van der Waals surface area (Å²) in [7, 11) is 0. The third-order valence-electron chi connectivity index (χ3n) is 1.72. The molecule has 0 saturated heterocycles. The minimum Gasteiger partial charge on any atom is -0.472 e. The first-order chi connectivity index (χ1) is 6.25. The van der Waals surface area contributed by atoms with E-state index in [4.69, 9.17) is 10.5 Å². The van der Waals surface area contributed by atoms with Gasteiger partial charge in [-0.1, -0.05) is 6.08 Å². The van der Waals surface area contributed by atoms with Crippen molar-refractivity contribution in [2.24, 2.45) is 0 Å². The summed E-state index contributed by atoms with van der Waals surface area (Å²) < 4.78 is 6.23. The molecule has 0 unspecified atom stereocenters. The van der Waals surface area contributed by atoms with E-state index in [-0.39, 0.29) is 0 Å². The van der Waals surface area contributed by atoms with Gasteiger partial charge in [0.05, 0.1) is 16.4 Å². The SMILES string of the molecule is Nc1cnc(OCC2=CC2)c(Br)c1. The lowest BCUT2D eigenvalue weighted by Gasteiger charge is -2.04. The number of anilines is 1. The van der Waals surface area contributed by atoms with Gasteiger partial charge in [-0.2, -0.15) is 0 Å². The summed E-state index contributed by atoms with van der Waals surface area (Å²) in [6.45, 7) is 0.634. The number of halogens is 1. The lowest BCUT2D eigenvalue weighted by atomic mass is 10.4. The minimum atomic E-state index is 0.599. The Bertz CT molecular complexity index is 363. The van der Waals surface area contributed by atoms with E-state index < -0.39 is 0 Å². The molecule has 1 aliphatic carbocycles. The number of nitrogens with zero attached hydrogens (tertiary/aromatic N) is 1. The van der Waals surface area contributed by atoms with Gasteiger partial charge >= 0.3 is 0 Å². The van der Waals surface area contributed by atoms with Crippen molar-refractivity contribution >= 4 is 21.6 Å². The Hall–Kier alpha value is -1.03. The maximum absolute atomic E-state index is 5.54. The third-order valence-corrected chi connectivity index (χ3v) is 2.28. The lowest BCUT2D eigenvalue weighted by molar-refractivity contribution is 0.340. The number of hydrogen-bond acceptors (Lipinski definition) is 3. The van der Waals surface area contributed by atoms with Gasteiger partial charge in [0.25, 0.3) is 0 Å². The van der Waals surface area contributed by atoms with Crippen LogP contribution in [0.3, 0.4) is 0 Å². The van der Waals surface area contributed by atoms with Gasteiger partial charge in [0.2, 0.25) is 5.88 Å². The highest BCUT2D eigenvalue weighted by Gasteiger charge is 2.09. The molecule has 0 aliphatic heterocycles. The summed E-state index contributed by atoms with van der Waals surface area (Å²) in [5.41, 5.74) is 7.49. The average molecular weight is 241 g/mol. The molecule has 0 spiro atoms. The lowest BCUT2D eigenvalue weighted by Crippen LogP contribution is -1.98. The van der Waals surface area contributed by atoms with Gasteiger partial charge < -0.3 is 10.5 Å². The zero-order chi connectivity index (χ0) is 9.26. The number of rotatable bonds is 3. The van der Waals surface area contributed by atoms with Crippen molar-refractivity contribution in [2.45, 2.75) is 6.42 Å². The predicted octanol–water partition coefficient (Wildman–Crippen LogP) is 2.14. The van der Waals surface area contributed by atoms with E-state index in [0.717, 1.165) is 10.9 Å². The van der Waals surface area contributed by atoms with E-state index in [1.807, 2.05) is 0 Å². The molecule has 13 heavy (non-hydrogen) atoms. The number of aromatic nitrogens is 1. The topological polar surface area (TPSA) is 48.1 Å². The third kappa shape index (κ3) is 2.21. The molecule has 0 bridgehead atoms. The summed E-state index contributed by atoms with van der Waals surface area (Å²) in [4.78, 5) is 4.06. The van der Waals surface area contributed by atoms with Gasteiger partial charge in [-0.05, 0) is 34.0 Å². The summed E-state index contributed by atoms with van der Waals surface area (Å²) in [5, 5.41) is 0. The number of pyridine rings is 1. The van der Waals surface area contributed by atoms with Crippen molar-refractivity contribution in [2.75, 3.05) is 12.3 Å². The largest absolute Gasteiger partial charge is 0.472 e. The Morgan fingerprint density at radius 3 is 3.00 bits per heavy atom. The number of ether oxygens (including phenoxy) is 1. The zero-order valence-electron chi connectivity index (χ0n) is 6.96. The first kappa shape index (κ1) is 8.56. The Labute approximate surface area is 84.7 Å². The monoisotopic (exact) mass is 240 g/mol. The second kappa shape index (κ2) is 3.38. The summed E-state index contributed by atoms with van der Waals surface area (Å²) in [6.07, 6.45) is 4.79. The van der Waals surface area contributed by atoms with Crippen LogP contribution in [0.1, 0.15) is 6.42 Å². The Kier molecular flexibility index (Phi) is 2.22. The smallest absolute Gasteiger partial charge is 0.228 e. The molecule has 0 fully saturated rings. The minimum absolute atomic E-state index is 0.599. The van der Waals surface area contributed by atoms with Crippen molar-refractivity contribution in [3.63, 3.8) is 0 Å². The van der Waals surface area contributed by atoms with E-state index in [1.165, 1.54) is 5.57 Å². The fraction of sp³-hybridized carbons (Fsp3) is 0.222. The van der Waals surface area contributed by atoms with Crippen LogP contribution in [0.2, 0.25) is 0 Å². The van der Waals surface area contributed by atoms with E-state index in [2.05, 4.69) is 27.0 Å². The fourth-order valence-corrected chi connectivity index (χ4v) is 1.38. The van der Waals surface area contributed by atoms with Gasteiger partial charge in [-0.15, -0.1) is 0 Å². The van der Waals surface area contributed by atoms with Crippen LogP contribution < -0.4 is 10.5 Å². The van der Waals surface area contributed by atoms with E-state index in [1.54, 1.807) is 12.3 Å². The van der Waals surface area contributed by atoms with Crippen LogP contribution in [0.5, 0.6) is 5.88 Å². The Balaban J connectivity index is 2.05. The van der Waals surface area contributed by atoms with Crippen molar-refractivity contribution in [1.29, 1.82) is 0 Å². The molecule has 0 amide bonds. The maximum Gasteiger partial charge on any atom is 0.228 e. The summed E-state index contributed by atoms with van der Waals surface area (Å²) >= 11 is 3.33. The number of nitrogens with two attached hydrogens (primary N) is 1. The molecule has 0 aromatic carbocycles. The first-order valence-electron chi connectivity index (χ1n) is 3.97. The molecular weight excluding hydrogens is 232 g/mol. The van der Waals surface area contributed by atoms with Crippen LogP contribution >= 0.6 is 15.9 Å². The van der Waals surface area contributed by atoms with Crippen LogP contribution in [0.4, 0.5) is 5.69 Å². The van der Waals surface area contributed by atoms with Crippen molar-refractivity contribution < 1.29 is 4.74 Å². The van der Waals surface area contributed by atoms with Crippen molar-refractivity contribution in [3.05, 3.63) is 28.4 Å². The predicted molar refractivity (Wildman–Crippen MR) is 54.5 cm³/mol. The van der Waals surface area contributed by atoms with E-state index >= 15 is 0 Å².